The molecule has 1 rings (SSSR count). The lowest BCUT2D eigenvalue weighted by molar-refractivity contribution is -0.0505. The van der Waals surface area contributed by atoms with Gasteiger partial charge in [-0.25, -0.2) is 4.99 Å². The molecule has 0 radical (unpaired) electrons. The van der Waals surface area contributed by atoms with Crippen LogP contribution in [0.5, 0.6) is 11.5 Å². The number of methoxy groups -OCH3 is 1. The van der Waals surface area contributed by atoms with Crippen molar-refractivity contribution in [2.45, 2.75) is 33.4 Å². The van der Waals surface area contributed by atoms with Crippen LogP contribution in [0, 0.1) is 0 Å². The number of hydrogen-bond acceptors (Lipinski definition) is 4. The molecule has 142 valence electrons. The summed E-state index contributed by atoms with van der Waals surface area (Å²) in [6.45, 7) is 3.97. The highest BCUT2D eigenvalue weighted by molar-refractivity contribution is 5.79. The summed E-state index contributed by atoms with van der Waals surface area (Å²) in [6.07, 6.45) is 0.848. The largest absolute Gasteiger partial charge is 0.497 e. The van der Waals surface area contributed by atoms with Crippen LogP contribution in [0.4, 0.5) is 8.78 Å². The number of aliphatic imine (C=N–C) groups is 1. The van der Waals surface area contributed by atoms with Gasteiger partial charge in [-0.3, -0.25) is 0 Å². The van der Waals surface area contributed by atoms with Gasteiger partial charge in [0.15, 0.2) is 5.96 Å². The molecule has 8 heteroatoms. The highest BCUT2D eigenvalue weighted by Crippen LogP contribution is 2.27. The first-order valence-electron chi connectivity index (χ1n) is 8.32. The average Bonchev–Trinajstić information content (AvgIpc) is 2.59. The zero-order valence-electron chi connectivity index (χ0n) is 15.0. The van der Waals surface area contributed by atoms with E-state index in [1.54, 1.807) is 12.1 Å². The van der Waals surface area contributed by atoms with Crippen LogP contribution in [0.15, 0.2) is 23.2 Å². The second-order valence-electron chi connectivity index (χ2n) is 5.02. The van der Waals surface area contributed by atoms with E-state index in [4.69, 9.17) is 9.47 Å². The second kappa shape index (κ2) is 12.3. The summed E-state index contributed by atoms with van der Waals surface area (Å²) in [5.74, 6) is 1.12. The number of nitrogens with zero attached hydrogens (tertiary/aromatic N) is 1. The number of ether oxygens (including phenoxy) is 3. The lowest BCUT2D eigenvalue weighted by atomic mass is 10.2. The molecule has 0 bridgehead atoms. The van der Waals surface area contributed by atoms with E-state index >= 15 is 0 Å². The van der Waals surface area contributed by atoms with E-state index in [2.05, 4.69) is 20.4 Å². The first-order valence-corrected chi connectivity index (χ1v) is 8.32. The highest BCUT2D eigenvalue weighted by atomic mass is 19.3. The van der Waals surface area contributed by atoms with E-state index in [-0.39, 0.29) is 12.3 Å². The Balaban J connectivity index is 2.73. The molecule has 2 N–H and O–H groups in total. The molecule has 0 saturated carbocycles. The molecule has 1 aromatic rings. The summed E-state index contributed by atoms with van der Waals surface area (Å²) in [4.78, 5) is 4.41. The topological polar surface area (TPSA) is 64.1 Å². The van der Waals surface area contributed by atoms with Crippen molar-refractivity contribution in [2.24, 2.45) is 4.99 Å². The number of hydrogen-bond donors (Lipinski definition) is 2. The van der Waals surface area contributed by atoms with Gasteiger partial charge in [-0.15, -0.1) is 0 Å². The number of alkyl halides is 2. The summed E-state index contributed by atoms with van der Waals surface area (Å²) in [6, 6.07) is 4.78. The van der Waals surface area contributed by atoms with E-state index < -0.39 is 6.61 Å². The third-order valence-electron chi connectivity index (χ3n) is 3.20. The van der Waals surface area contributed by atoms with Gasteiger partial charge >= 0.3 is 6.61 Å². The van der Waals surface area contributed by atoms with E-state index in [1.807, 2.05) is 13.8 Å². The lowest BCUT2D eigenvalue weighted by Crippen LogP contribution is -2.38. The average molecular weight is 359 g/mol. The molecule has 6 nitrogen and oxygen atoms in total. The number of benzene rings is 1. The van der Waals surface area contributed by atoms with Crippen LogP contribution < -0.4 is 20.1 Å². The van der Waals surface area contributed by atoms with E-state index in [0.29, 0.717) is 43.6 Å². The van der Waals surface area contributed by atoms with E-state index in [1.165, 1.54) is 13.2 Å². The van der Waals surface area contributed by atoms with Crippen LogP contribution in [0.2, 0.25) is 0 Å². The van der Waals surface area contributed by atoms with Crippen LogP contribution in [-0.4, -0.2) is 46.0 Å². The number of rotatable bonds is 11. The van der Waals surface area contributed by atoms with Crippen LogP contribution in [0.1, 0.15) is 25.8 Å². The van der Waals surface area contributed by atoms with Crippen molar-refractivity contribution >= 4 is 5.96 Å². The number of guanidine groups is 1. The zero-order chi connectivity index (χ0) is 18.5. The number of nitrogens with one attached hydrogen (secondary N) is 2. The van der Waals surface area contributed by atoms with Crippen molar-refractivity contribution in [1.82, 2.24) is 10.6 Å². The van der Waals surface area contributed by atoms with Gasteiger partial charge in [-0.1, -0.05) is 0 Å². The molecule has 25 heavy (non-hydrogen) atoms. The first-order chi connectivity index (χ1) is 12.1. The van der Waals surface area contributed by atoms with Crippen molar-refractivity contribution in [3.8, 4) is 11.5 Å². The van der Waals surface area contributed by atoms with Gasteiger partial charge in [0, 0.05) is 37.9 Å². The molecule has 0 aliphatic rings. The van der Waals surface area contributed by atoms with Crippen molar-refractivity contribution in [3.05, 3.63) is 23.8 Å². The summed E-state index contributed by atoms with van der Waals surface area (Å²) >= 11 is 0. The SMILES string of the molecule is CCNC(=NCc1ccc(OC)cc1OC(F)F)NCCCOCC. The number of halogens is 2. The lowest BCUT2D eigenvalue weighted by Gasteiger charge is -2.13. The van der Waals surface area contributed by atoms with Crippen LogP contribution >= 0.6 is 0 Å². The van der Waals surface area contributed by atoms with Crippen molar-refractivity contribution in [2.75, 3.05) is 33.4 Å². The Kier molecular flexibility index (Phi) is 10.3. The predicted molar refractivity (Wildman–Crippen MR) is 93.6 cm³/mol. The fraction of sp³-hybridized carbons (Fsp3) is 0.588. The van der Waals surface area contributed by atoms with Crippen molar-refractivity contribution in [1.29, 1.82) is 0 Å². The van der Waals surface area contributed by atoms with Crippen LogP contribution in [0.25, 0.3) is 0 Å². The van der Waals surface area contributed by atoms with Gasteiger partial charge in [0.2, 0.25) is 0 Å². The minimum absolute atomic E-state index is 0.0605. The summed E-state index contributed by atoms with van der Waals surface area (Å²) in [5.41, 5.74) is 0.549. The first kappa shape index (κ1) is 21.0. The maximum absolute atomic E-state index is 12.6. The Morgan fingerprint density at radius 2 is 2.04 bits per heavy atom. The molecule has 0 fully saturated rings. The fourth-order valence-corrected chi connectivity index (χ4v) is 2.03. The van der Waals surface area contributed by atoms with Crippen LogP contribution in [0.3, 0.4) is 0 Å². The van der Waals surface area contributed by atoms with Gasteiger partial charge in [0.1, 0.15) is 11.5 Å². The molecular formula is C17H27F2N3O3. The third-order valence-corrected chi connectivity index (χ3v) is 3.20. The van der Waals surface area contributed by atoms with Gasteiger partial charge in [-0.05, 0) is 32.4 Å². The Morgan fingerprint density at radius 1 is 1.24 bits per heavy atom. The fourth-order valence-electron chi connectivity index (χ4n) is 2.03. The summed E-state index contributed by atoms with van der Waals surface area (Å²) in [7, 11) is 1.47. The second-order valence-corrected chi connectivity index (χ2v) is 5.02. The standard InChI is InChI=1S/C17H27F2N3O3/c1-4-20-17(21-9-6-10-24-5-2)22-12-13-7-8-14(23-3)11-15(13)25-16(18)19/h7-8,11,16H,4-6,9-10,12H2,1-3H3,(H2,20,21,22). The van der Waals surface area contributed by atoms with Gasteiger partial charge in [0.25, 0.3) is 0 Å². The van der Waals surface area contributed by atoms with Gasteiger partial charge in [-0.2, -0.15) is 8.78 Å². The maximum Gasteiger partial charge on any atom is 0.387 e. The molecule has 0 amide bonds. The molecule has 0 saturated heterocycles. The zero-order valence-corrected chi connectivity index (χ0v) is 15.0. The predicted octanol–water partition coefficient (Wildman–Crippen LogP) is 2.78. The molecule has 1 aromatic carbocycles. The van der Waals surface area contributed by atoms with Crippen molar-refractivity contribution < 1.29 is 23.0 Å². The van der Waals surface area contributed by atoms with Gasteiger partial charge in [0.05, 0.1) is 13.7 Å². The monoisotopic (exact) mass is 359 g/mol. The normalized spacial score (nSPS) is 11.5. The molecule has 0 aromatic heterocycles. The maximum atomic E-state index is 12.6. The molecule has 0 atom stereocenters. The molecule has 0 aliphatic carbocycles. The Bertz CT molecular complexity index is 528. The minimum atomic E-state index is -2.90. The van der Waals surface area contributed by atoms with E-state index in [0.717, 1.165) is 6.42 Å². The van der Waals surface area contributed by atoms with Gasteiger partial charge < -0.3 is 24.8 Å². The summed E-state index contributed by atoms with van der Waals surface area (Å²) in [5, 5.41) is 6.29. The van der Waals surface area contributed by atoms with Crippen LogP contribution in [-0.2, 0) is 11.3 Å². The minimum Gasteiger partial charge on any atom is -0.497 e. The smallest absolute Gasteiger partial charge is 0.387 e. The molecule has 0 heterocycles. The Hall–Kier alpha value is -2.09. The molecule has 0 spiro atoms. The van der Waals surface area contributed by atoms with E-state index in [9.17, 15) is 8.78 Å². The Morgan fingerprint density at radius 3 is 2.68 bits per heavy atom. The Labute approximate surface area is 147 Å². The molecule has 0 aliphatic heterocycles. The summed E-state index contributed by atoms with van der Waals surface area (Å²) < 4.78 is 40.1. The molecule has 0 unspecified atom stereocenters. The molecular weight excluding hydrogens is 332 g/mol. The quantitative estimate of drug-likeness (QED) is 0.361. The van der Waals surface area contributed by atoms with Crippen molar-refractivity contribution in [3.63, 3.8) is 0 Å². The highest BCUT2D eigenvalue weighted by Gasteiger charge is 2.11. The third kappa shape index (κ3) is 8.53.